The van der Waals surface area contributed by atoms with Gasteiger partial charge in [-0.2, -0.15) is 0 Å². The van der Waals surface area contributed by atoms with Gasteiger partial charge < -0.3 is 5.73 Å². The average molecular weight is 205 g/mol. The third-order valence-electron chi connectivity index (χ3n) is 2.09. The van der Waals surface area contributed by atoms with E-state index in [-0.39, 0.29) is 0 Å². The fourth-order valence-electron chi connectivity index (χ4n) is 1.21. The van der Waals surface area contributed by atoms with Crippen LogP contribution in [0.5, 0.6) is 0 Å². The van der Waals surface area contributed by atoms with Gasteiger partial charge in [0.1, 0.15) is 0 Å². The Morgan fingerprint density at radius 3 is 2.71 bits per heavy atom. The van der Waals surface area contributed by atoms with Crippen LogP contribution in [0.4, 0.5) is 5.95 Å². The van der Waals surface area contributed by atoms with Gasteiger partial charge >= 0.3 is 0 Å². The Labute approximate surface area is 86.6 Å². The molecule has 0 aliphatic heterocycles. The van der Waals surface area contributed by atoms with Crippen LogP contribution in [-0.2, 0) is 0 Å². The van der Waals surface area contributed by atoms with Crippen molar-refractivity contribution in [2.45, 2.75) is 13.8 Å². The highest BCUT2D eigenvalue weighted by Gasteiger charge is 2.05. The summed E-state index contributed by atoms with van der Waals surface area (Å²) in [7, 11) is 0. The molecule has 2 rings (SSSR count). The molecule has 0 atom stereocenters. The van der Waals surface area contributed by atoms with Crippen molar-refractivity contribution in [3.63, 3.8) is 0 Å². The van der Waals surface area contributed by atoms with E-state index in [1.165, 1.54) is 10.4 Å². The fourth-order valence-corrected chi connectivity index (χ4v) is 2.21. The average Bonchev–Trinajstić information content (AvgIpc) is 2.47. The van der Waals surface area contributed by atoms with Gasteiger partial charge in [0, 0.05) is 11.1 Å². The summed E-state index contributed by atoms with van der Waals surface area (Å²) in [5, 5.41) is 0. The summed E-state index contributed by atoms with van der Waals surface area (Å²) in [6.45, 7) is 4.20. The van der Waals surface area contributed by atoms with Gasteiger partial charge in [-0.15, -0.1) is 11.3 Å². The molecule has 0 spiro atoms. The number of hydrogen-bond acceptors (Lipinski definition) is 4. The van der Waals surface area contributed by atoms with E-state index in [0.29, 0.717) is 5.95 Å². The van der Waals surface area contributed by atoms with Gasteiger partial charge in [0.05, 0.1) is 10.6 Å². The largest absolute Gasteiger partial charge is 0.368 e. The summed E-state index contributed by atoms with van der Waals surface area (Å²) >= 11 is 1.73. The second kappa shape index (κ2) is 3.38. The Balaban J connectivity index is 2.49. The molecule has 4 heteroatoms. The first-order valence-corrected chi connectivity index (χ1v) is 5.14. The van der Waals surface area contributed by atoms with Crippen molar-refractivity contribution < 1.29 is 0 Å². The molecule has 2 aromatic rings. The van der Waals surface area contributed by atoms with Crippen molar-refractivity contribution in [1.29, 1.82) is 0 Å². The van der Waals surface area contributed by atoms with Gasteiger partial charge in [-0.25, -0.2) is 9.97 Å². The van der Waals surface area contributed by atoms with E-state index in [2.05, 4.69) is 29.9 Å². The van der Waals surface area contributed by atoms with Crippen molar-refractivity contribution in [2.24, 2.45) is 0 Å². The van der Waals surface area contributed by atoms with Gasteiger partial charge in [0.15, 0.2) is 0 Å². The minimum Gasteiger partial charge on any atom is -0.368 e. The molecule has 0 fully saturated rings. The van der Waals surface area contributed by atoms with Crippen molar-refractivity contribution >= 4 is 17.3 Å². The van der Waals surface area contributed by atoms with Gasteiger partial charge in [0.2, 0.25) is 5.95 Å². The second-order valence-corrected chi connectivity index (χ2v) is 4.41. The van der Waals surface area contributed by atoms with Gasteiger partial charge in [-0.1, -0.05) is 0 Å². The second-order valence-electron chi connectivity index (χ2n) is 3.15. The highest BCUT2D eigenvalue weighted by atomic mass is 32.1. The maximum atomic E-state index is 5.52. The number of nitrogen functional groups attached to an aromatic ring is 1. The van der Waals surface area contributed by atoms with Crippen molar-refractivity contribution in [2.75, 3.05) is 5.73 Å². The first kappa shape index (κ1) is 9.15. The van der Waals surface area contributed by atoms with Crippen LogP contribution in [0.1, 0.15) is 10.4 Å². The smallest absolute Gasteiger partial charge is 0.220 e. The number of aromatic nitrogens is 2. The van der Waals surface area contributed by atoms with E-state index in [1.807, 2.05) is 6.07 Å². The predicted octanol–water partition coefficient (Wildman–Crippen LogP) is 2.40. The van der Waals surface area contributed by atoms with Gasteiger partial charge in [0.25, 0.3) is 0 Å². The van der Waals surface area contributed by atoms with Crippen LogP contribution in [0.15, 0.2) is 18.3 Å². The highest BCUT2D eigenvalue weighted by Crippen LogP contribution is 2.29. The minimum atomic E-state index is 0.325. The quantitative estimate of drug-likeness (QED) is 0.777. The number of rotatable bonds is 1. The summed E-state index contributed by atoms with van der Waals surface area (Å²) in [5.41, 5.74) is 7.72. The van der Waals surface area contributed by atoms with Crippen LogP contribution in [-0.4, -0.2) is 9.97 Å². The number of nitrogens with two attached hydrogens (primary N) is 1. The normalized spacial score (nSPS) is 10.4. The van der Waals surface area contributed by atoms with Crippen molar-refractivity contribution in [3.8, 4) is 10.6 Å². The summed E-state index contributed by atoms with van der Waals surface area (Å²) < 4.78 is 0. The number of hydrogen-bond donors (Lipinski definition) is 1. The highest BCUT2D eigenvalue weighted by molar-refractivity contribution is 7.15. The molecule has 0 amide bonds. The van der Waals surface area contributed by atoms with E-state index in [0.717, 1.165) is 10.6 Å². The standard InChI is InChI=1S/C10H11N3S/c1-6-5-9(14-7(6)2)8-3-4-12-10(11)13-8/h3-5H,1-2H3,(H2,11,12,13). The third kappa shape index (κ3) is 1.61. The maximum absolute atomic E-state index is 5.52. The zero-order chi connectivity index (χ0) is 10.1. The van der Waals surface area contributed by atoms with E-state index in [4.69, 9.17) is 5.73 Å². The molecule has 2 aromatic heterocycles. The lowest BCUT2D eigenvalue weighted by Crippen LogP contribution is -1.93. The van der Waals surface area contributed by atoms with Gasteiger partial charge in [-0.3, -0.25) is 0 Å². The van der Waals surface area contributed by atoms with Crippen LogP contribution >= 0.6 is 11.3 Å². The van der Waals surface area contributed by atoms with E-state index in [9.17, 15) is 0 Å². The maximum Gasteiger partial charge on any atom is 0.220 e. The van der Waals surface area contributed by atoms with Crippen LogP contribution in [0.25, 0.3) is 10.6 Å². The van der Waals surface area contributed by atoms with Crippen LogP contribution in [0, 0.1) is 13.8 Å². The zero-order valence-electron chi connectivity index (χ0n) is 8.11. The summed E-state index contributed by atoms with van der Waals surface area (Å²) in [6, 6.07) is 4.00. The number of aryl methyl sites for hydroxylation is 2. The van der Waals surface area contributed by atoms with E-state index >= 15 is 0 Å². The number of nitrogens with zero attached hydrogens (tertiary/aromatic N) is 2. The predicted molar refractivity (Wildman–Crippen MR) is 59.2 cm³/mol. The monoisotopic (exact) mass is 205 g/mol. The Morgan fingerprint density at radius 2 is 2.14 bits per heavy atom. The molecule has 0 aromatic carbocycles. The lowest BCUT2D eigenvalue weighted by Gasteiger charge is -1.95. The SMILES string of the molecule is Cc1cc(-c2ccnc(N)n2)sc1C. The first-order valence-electron chi connectivity index (χ1n) is 4.33. The lowest BCUT2D eigenvalue weighted by molar-refractivity contribution is 1.19. The summed E-state index contributed by atoms with van der Waals surface area (Å²) in [5.74, 6) is 0.325. The summed E-state index contributed by atoms with van der Waals surface area (Å²) in [4.78, 5) is 10.5. The molecule has 0 radical (unpaired) electrons. The topological polar surface area (TPSA) is 51.8 Å². The van der Waals surface area contributed by atoms with Crippen LogP contribution < -0.4 is 5.73 Å². The number of thiophene rings is 1. The van der Waals surface area contributed by atoms with Gasteiger partial charge in [-0.05, 0) is 31.5 Å². The Bertz CT molecular complexity index is 443. The molecule has 0 saturated heterocycles. The fraction of sp³-hybridized carbons (Fsp3) is 0.200. The molecule has 72 valence electrons. The molecule has 0 aliphatic rings. The number of anilines is 1. The molecule has 2 N–H and O–H groups in total. The van der Waals surface area contributed by atoms with Crippen LogP contribution in [0.3, 0.4) is 0 Å². The molecular formula is C10H11N3S. The molecule has 0 unspecified atom stereocenters. The molecule has 0 aliphatic carbocycles. The minimum absolute atomic E-state index is 0.325. The third-order valence-corrected chi connectivity index (χ3v) is 3.27. The van der Waals surface area contributed by atoms with Crippen molar-refractivity contribution in [1.82, 2.24) is 9.97 Å². The molecular weight excluding hydrogens is 194 g/mol. The lowest BCUT2D eigenvalue weighted by atomic mass is 10.2. The Kier molecular flexibility index (Phi) is 2.21. The van der Waals surface area contributed by atoms with Crippen molar-refractivity contribution in [3.05, 3.63) is 28.8 Å². The first-order chi connectivity index (χ1) is 6.66. The molecule has 14 heavy (non-hydrogen) atoms. The van der Waals surface area contributed by atoms with Crippen LogP contribution in [0.2, 0.25) is 0 Å². The Hall–Kier alpha value is -1.42. The zero-order valence-corrected chi connectivity index (χ0v) is 8.93. The summed E-state index contributed by atoms with van der Waals surface area (Å²) in [6.07, 6.45) is 1.68. The molecule has 3 nitrogen and oxygen atoms in total. The van der Waals surface area contributed by atoms with E-state index in [1.54, 1.807) is 17.5 Å². The molecule has 0 bridgehead atoms. The molecule has 2 heterocycles. The Morgan fingerprint density at radius 1 is 1.36 bits per heavy atom. The van der Waals surface area contributed by atoms with E-state index < -0.39 is 0 Å². The molecule has 0 saturated carbocycles.